The smallest absolute Gasteiger partial charge is 0.340 e. The molecular formula is C20H12BrN3O4. The fourth-order valence-electron chi connectivity index (χ4n) is 2.89. The maximum absolute atomic E-state index is 12.4. The highest BCUT2D eigenvalue weighted by molar-refractivity contribution is 9.10. The van der Waals surface area contributed by atoms with Gasteiger partial charge in [0.2, 0.25) is 5.76 Å². The van der Waals surface area contributed by atoms with Gasteiger partial charge < -0.3 is 19.5 Å². The number of H-pyrrole nitrogens is 1. The monoisotopic (exact) mass is 437 g/mol. The van der Waals surface area contributed by atoms with Crippen LogP contribution in [0.25, 0.3) is 21.9 Å². The second-order valence-electron chi connectivity index (χ2n) is 5.93. The summed E-state index contributed by atoms with van der Waals surface area (Å²) in [6, 6.07) is 14.3. The summed E-state index contributed by atoms with van der Waals surface area (Å²) in [6.45, 7) is -0.496. The molecule has 8 heteroatoms. The van der Waals surface area contributed by atoms with E-state index in [1.54, 1.807) is 30.3 Å². The van der Waals surface area contributed by atoms with Gasteiger partial charge in [-0.3, -0.25) is 4.79 Å². The van der Waals surface area contributed by atoms with Crippen LogP contribution in [0.2, 0.25) is 0 Å². The summed E-state index contributed by atoms with van der Waals surface area (Å²) in [4.78, 5) is 27.6. The van der Waals surface area contributed by atoms with Gasteiger partial charge in [-0.05, 0) is 30.3 Å². The molecule has 2 aromatic carbocycles. The number of carbonyl (C=O) groups is 2. The number of nitrogens with zero attached hydrogens (tertiary/aromatic N) is 1. The van der Waals surface area contributed by atoms with Crippen molar-refractivity contribution in [3.05, 3.63) is 64.5 Å². The summed E-state index contributed by atoms with van der Waals surface area (Å²) in [7, 11) is 0. The number of rotatable bonds is 4. The summed E-state index contributed by atoms with van der Waals surface area (Å²) in [5.74, 6) is -1.21. The molecule has 0 saturated heterocycles. The zero-order valence-electron chi connectivity index (χ0n) is 14.3. The van der Waals surface area contributed by atoms with E-state index in [1.165, 1.54) is 6.20 Å². The summed E-state index contributed by atoms with van der Waals surface area (Å²) in [5.41, 5.74) is 1.85. The SMILES string of the molecule is N#Cc1oc2ccccc2c1NC(=O)COC(=O)c1c[nH]c2ccc(Br)cc12. The predicted octanol–water partition coefficient (Wildman–Crippen LogP) is 4.34. The van der Waals surface area contributed by atoms with E-state index in [0.717, 1.165) is 9.99 Å². The summed E-state index contributed by atoms with van der Waals surface area (Å²) in [6.07, 6.45) is 1.54. The van der Waals surface area contributed by atoms with E-state index in [0.29, 0.717) is 21.9 Å². The van der Waals surface area contributed by atoms with Crippen molar-refractivity contribution in [3.63, 3.8) is 0 Å². The fourth-order valence-corrected chi connectivity index (χ4v) is 3.26. The molecule has 28 heavy (non-hydrogen) atoms. The number of hydrogen-bond donors (Lipinski definition) is 2. The Hall–Kier alpha value is -3.57. The molecule has 0 saturated carbocycles. The molecule has 0 fully saturated rings. The highest BCUT2D eigenvalue weighted by Gasteiger charge is 2.19. The molecular weight excluding hydrogens is 426 g/mol. The largest absolute Gasteiger partial charge is 0.452 e. The van der Waals surface area contributed by atoms with Crippen LogP contribution in [0.15, 0.2) is 57.6 Å². The van der Waals surface area contributed by atoms with Crippen LogP contribution in [0.3, 0.4) is 0 Å². The van der Waals surface area contributed by atoms with Crippen molar-refractivity contribution in [2.24, 2.45) is 0 Å². The maximum Gasteiger partial charge on any atom is 0.340 e. The average molecular weight is 438 g/mol. The molecule has 2 heterocycles. The molecule has 4 rings (SSSR count). The second-order valence-corrected chi connectivity index (χ2v) is 6.85. The number of aromatic nitrogens is 1. The van der Waals surface area contributed by atoms with Crippen molar-refractivity contribution in [3.8, 4) is 6.07 Å². The van der Waals surface area contributed by atoms with Gasteiger partial charge in [0.1, 0.15) is 17.3 Å². The minimum Gasteiger partial charge on any atom is -0.452 e. The van der Waals surface area contributed by atoms with Crippen molar-refractivity contribution in [2.45, 2.75) is 0 Å². The number of fused-ring (bicyclic) bond motifs is 2. The number of nitriles is 1. The molecule has 0 aliphatic carbocycles. The predicted molar refractivity (Wildman–Crippen MR) is 106 cm³/mol. The van der Waals surface area contributed by atoms with Crippen LogP contribution in [0, 0.1) is 11.3 Å². The van der Waals surface area contributed by atoms with Crippen LogP contribution in [0.4, 0.5) is 5.69 Å². The second kappa shape index (κ2) is 7.21. The van der Waals surface area contributed by atoms with Gasteiger partial charge in [0, 0.05) is 27.0 Å². The molecule has 0 aliphatic rings. The van der Waals surface area contributed by atoms with Crippen LogP contribution in [0.1, 0.15) is 16.1 Å². The van der Waals surface area contributed by atoms with Crippen molar-refractivity contribution < 1.29 is 18.7 Å². The first kappa shape index (κ1) is 17.8. The van der Waals surface area contributed by atoms with Crippen molar-refractivity contribution in [1.82, 2.24) is 4.98 Å². The molecule has 1 amide bonds. The first-order valence-electron chi connectivity index (χ1n) is 8.22. The number of ether oxygens (including phenoxy) is 1. The van der Waals surface area contributed by atoms with Gasteiger partial charge in [0.05, 0.1) is 5.56 Å². The average Bonchev–Trinajstić information content (AvgIpc) is 3.27. The molecule has 0 aliphatic heterocycles. The number of halogens is 1. The first-order valence-corrected chi connectivity index (χ1v) is 9.01. The normalized spacial score (nSPS) is 10.7. The molecule has 0 atom stereocenters. The number of nitrogens with one attached hydrogen (secondary N) is 2. The van der Waals surface area contributed by atoms with Crippen LogP contribution >= 0.6 is 15.9 Å². The van der Waals surface area contributed by atoms with Crippen LogP contribution < -0.4 is 5.32 Å². The van der Waals surface area contributed by atoms with Gasteiger partial charge in [0.25, 0.3) is 5.91 Å². The zero-order valence-corrected chi connectivity index (χ0v) is 15.9. The molecule has 138 valence electrons. The molecule has 2 N–H and O–H groups in total. The van der Waals surface area contributed by atoms with Gasteiger partial charge in [0.15, 0.2) is 6.61 Å². The van der Waals surface area contributed by atoms with E-state index in [4.69, 9.17) is 9.15 Å². The zero-order chi connectivity index (χ0) is 19.7. The number of carbonyl (C=O) groups excluding carboxylic acids is 2. The molecule has 0 bridgehead atoms. The van der Waals surface area contributed by atoms with E-state index in [9.17, 15) is 14.9 Å². The summed E-state index contributed by atoms with van der Waals surface area (Å²) in [5, 5.41) is 13.1. The lowest BCUT2D eigenvalue weighted by Gasteiger charge is -2.05. The highest BCUT2D eigenvalue weighted by atomic mass is 79.9. The van der Waals surface area contributed by atoms with E-state index in [-0.39, 0.29) is 11.4 Å². The standard InChI is InChI=1S/C20H12BrN3O4/c21-11-5-6-15-13(7-11)14(9-23-15)20(26)27-10-18(25)24-19-12-3-1-2-4-16(12)28-17(19)8-22/h1-7,9,23H,10H2,(H,24,25). The third-order valence-corrected chi connectivity index (χ3v) is 4.65. The molecule has 4 aromatic rings. The fraction of sp³-hybridized carbons (Fsp3) is 0.0500. The summed E-state index contributed by atoms with van der Waals surface area (Å²) < 4.78 is 11.4. The Morgan fingerprint density at radius 3 is 2.86 bits per heavy atom. The number of furan rings is 1. The Balaban J connectivity index is 1.48. The number of para-hydroxylation sites is 1. The Labute approximate surface area is 167 Å². The molecule has 2 aromatic heterocycles. The highest BCUT2D eigenvalue weighted by Crippen LogP contribution is 2.30. The van der Waals surface area contributed by atoms with Crippen LogP contribution in [-0.4, -0.2) is 23.5 Å². The molecule has 0 unspecified atom stereocenters. The first-order chi connectivity index (χ1) is 13.6. The lowest BCUT2D eigenvalue weighted by Crippen LogP contribution is -2.21. The van der Waals surface area contributed by atoms with Crippen LogP contribution in [0.5, 0.6) is 0 Å². The van der Waals surface area contributed by atoms with Gasteiger partial charge in [-0.25, -0.2) is 4.79 Å². The molecule has 0 radical (unpaired) electrons. The van der Waals surface area contributed by atoms with Gasteiger partial charge >= 0.3 is 5.97 Å². The lowest BCUT2D eigenvalue weighted by atomic mass is 10.2. The Morgan fingerprint density at radius 1 is 1.21 bits per heavy atom. The lowest BCUT2D eigenvalue weighted by molar-refractivity contribution is -0.119. The van der Waals surface area contributed by atoms with E-state index in [2.05, 4.69) is 26.2 Å². The van der Waals surface area contributed by atoms with Crippen molar-refractivity contribution in [2.75, 3.05) is 11.9 Å². The van der Waals surface area contributed by atoms with Crippen molar-refractivity contribution in [1.29, 1.82) is 5.26 Å². The van der Waals surface area contributed by atoms with E-state index >= 15 is 0 Å². The third-order valence-electron chi connectivity index (χ3n) is 4.16. The number of anilines is 1. The maximum atomic E-state index is 12.4. The molecule has 7 nitrogen and oxygen atoms in total. The molecule has 0 spiro atoms. The number of amides is 1. The Morgan fingerprint density at radius 2 is 2.04 bits per heavy atom. The van der Waals surface area contributed by atoms with Gasteiger partial charge in [-0.15, -0.1) is 0 Å². The minimum atomic E-state index is -0.628. The number of esters is 1. The van der Waals surface area contributed by atoms with Gasteiger partial charge in [-0.2, -0.15) is 5.26 Å². The van der Waals surface area contributed by atoms with Crippen LogP contribution in [-0.2, 0) is 9.53 Å². The third kappa shape index (κ3) is 3.23. The van der Waals surface area contributed by atoms with E-state index in [1.807, 2.05) is 18.2 Å². The topological polar surface area (TPSA) is 108 Å². The Kier molecular flexibility index (Phi) is 4.59. The van der Waals surface area contributed by atoms with Gasteiger partial charge in [-0.1, -0.05) is 28.1 Å². The van der Waals surface area contributed by atoms with Crippen molar-refractivity contribution >= 4 is 55.4 Å². The quantitative estimate of drug-likeness (QED) is 0.461. The Bertz CT molecular complexity index is 1270. The number of hydrogen-bond acceptors (Lipinski definition) is 5. The number of aromatic amines is 1. The minimum absolute atomic E-state index is 0.0117. The summed E-state index contributed by atoms with van der Waals surface area (Å²) >= 11 is 3.36. The number of benzene rings is 2. The van der Waals surface area contributed by atoms with E-state index < -0.39 is 18.5 Å².